The highest BCUT2D eigenvalue weighted by Gasteiger charge is 2.50. The lowest BCUT2D eigenvalue weighted by atomic mass is 10.1. The fourth-order valence-electron chi connectivity index (χ4n) is 4.70. The van der Waals surface area contributed by atoms with Gasteiger partial charge >= 0.3 is 28.1 Å². The van der Waals surface area contributed by atoms with E-state index in [1.165, 1.54) is 36.4 Å². The summed E-state index contributed by atoms with van der Waals surface area (Å²) in [6.45, 7) is 0. The van der Waals surface area contributed by atoms with Gasteiger partial charge in [0.1, 0.15) is 17.6 Å². The normalized spacial score (nSPS) is 13.5. The summed E-state index contributed by atoms with van der Waals surface area (Å²) >= 11 is 0. The molecule has 3 N–H and O–H groups in total. The molecule has 0 saturated carbocycles. The second kappa shape index (κ2) is 10.5. The maximum Gasteiger partial charge on any atom is 0.387 e. The van der Waals surface area contributed by atoms with E-state index < -0.39 is 64.3 Å². The van der Waals surface area contributed by atoms with Gasteiger partial charge in [-0.05, 0) is 22.9 Å². The van der Waals surface area contributed by atoms with E-state index >= 15 is 4.48 Å². The summed E-state index contributed by atoms with van der Waals surface area (Å²) in [7, 11) is -10.00. The van der Waals surface area contributed by atoms with E-state index in [0.717, 1.165) is 12.4 Å². The fourth-order valence-corrected chi connectivity index (χ4v) is 6.49. The Morgan fingerprint density at radius 3 is 1.82 bits per heavy atom. The van der Waals surface area contributed by atoms with Crippen molar-refractivity contribution in [1.82, 2.24) is 34.6 Å². The molecule has 1 atom stereocenters. The van der Waals surface area contributed by atoms with E-state index in [1.807, 2.05) is 0 Å². The molecule has 0 aliphatic rings. The maximum atomic E-state index is 17.6. The summed E-state index contributed by atoms with van der Waals surface area (Å²) in [4.78, 5) is 20.6. The lowest BCUT2D eigenvalue weighted by Gasteiger charge is -2.22. The first-order valence-corrected chi connectivity index (χ1v) is 15.1. The van der Waals surface area contributed by atoms with Crippen molar-refractivity contribution in [2.45, 2.75) is 9.79 Å². The Labute approximate surface area is 246 Å². The van der Waals surface area contributed by atoms with E-state index in [0.29, 0.717) is 17.1 Å². The van der Waals surface area contributed by atoms with Crippen molar-refractivity contribution in [1.29, 1.82) is 0 Å². The predicted octanol–water partition coefficient (Wildman–Crippen LogP) is 4.59. The summed E-state index contributed by atoms with van der Waals surface area (Å²) in [5.41, 5.74) is -1.02. The number of fused-ring (bicyclic) bond motifs is 2. The first kappa shape index (κ1) is 29.0. The molecule has 44 heavy (non-hydrogen) atoms. The van der Waals surface area contributed by atoms with Gasteiger partial charge in [-0.15, -0.1) is 9.97 Å². The molecular formula is C26H17F2N8O6S2+. The molecule has 0 bridgehead atoms. The molecule has 0 fully saturated rings. The van der Waals surface area contributed by atoms with Gasteiger partial charge in [-0.1, -0.05) is 54.6 Å². The van der Waals surface area contributed by atoms with Gasteiger partial charge in [-0.3, -0.25) is 9.11 Å². The van der Waals surface area contributed by atoms with Crippen LogP contribution in [-0.2, 0) is 20.2 Å². The van der Waals surface area contributed by atoms with Crippen molar-refractivity contribution in [3.05, 3.63) is 91.5 Å². The van der Waals surface area contributed by atoms with Gasteiger partial charge in [-0.25, -0.2) is 4.98 Å². The molecule has 6 aromatic rings. The van der Waals surface area contributed by atoms with Crippen molar-refractivity contribution in [2.24, 2.45) is 0 Å². The molecule has 0 saturated heterocycles. The zero-order chi connectivity index (χ0) is 31.3. The Morgan fingerprint density at radius 1 is 0.659 bits per heavy atom. The molecule has 222 valence electrons. The molecular weight excluding hydrogens is 622 g/mol. The Balaban J connectivity index is 1.60. The highest BCUT2D eigenvalue weighted by molar-refractivity contribution is 7.86. The second-order valence-electron chi connectivity index (χ2n) is 9.13. The average molecular weight is 640 g/mol. The molecule has 2 aromatic heterocycles. The monoisotopic (exact) mass is 639 g/mol. The Bertz CT molecular complexity index is 2330. The van der Waals surface area contributed by atoms with Crippen LogP contribution in [0.15, 0.2) is 95.2 Å². The fraction of sp³-hybridized carbons (Fsp3) is 0. The smallest absolute Gasteiger partial charge is 0.323 e. The number of hydrogen-bond donors (Lipinski definition) is 3. The van der Waals surface area contributed by atoms with Gasteiger partial charge in [0.25, 0.3) is 10.1 Å². The number of anilines is 2. The van der Waals surface area contributed by atoms with Crippen molar-refractivity contribution in [2.75, 3.05) is 5.32 Å². The first-order chi connectivity index (χ1) is 20.9. The van der Waals surface area contributed by atoms with Gasteiger partial charge in [-0.2, -0.15) is 36.2 Å². The molecule has 0 aliphatic heterocycles. The van der Waals surface area contributed by atoms with Crippen LogP contribution in [0, 0.1) is 6.08 Å². The zero-order valence-electron chi connectivity index (χ0n) is 21.8. The highest BCUT2D eigenvalue weighted by Crippen LogP contribution is 2.46. The quantitative estimate of drug-likeness (QED) is 0.162. The van der Waals surface area contributed by atoms with Gasteiger partial charge in [0, 0.05) is 26.0 Å². The van der Waals surface area contributed by atoms with Crippen molar-refractivity contribution in [3.8, 4) is 0 Å². The third-order valence-electron chi connectivity index (χ3n) is 6.47. The number of hydrogen-bond acceptors (Lipinski definition) is 11. The molecule has 0 aliphatic carbocycles. The van der Waals surface area contributed by atoms with Crippen LogP contribution in [0.3, 0.4) is 0 Å². The van der Waals surface area contributed by atoms with Gasteiger partial charge < -0.3 is 5.32 Å². The van der Waals surface area contributed by atoms with E-state index in [2.05, 4.69) is 35.2 Å². The van der Waals surface area contributed by atoms with Crippen molar-refractivity contribution < 1.29 is 34.8 Å². The van der Waals surface area contributed by atoms with Crippen LogP contribution in [0.25, 0.3) is 21.5 Å². The highest BCUT2D eigenvalue weighted by atomic mass is 32.2. The molecule has 18 heteroatoms. The molecule has 0 amide bonds. The van der Waals surface area contributed by atoms with Crippen LogP contribution < -0.4 is 10.0 Å². The van der Waals surface area contributed by atoms with E-state index in [-0.39, 0.29) is 16.5 Å². The van der Waals surface area contributed by atoms with Crippen LogP contribution in [0.5, 0.6) is 0 Å². The number of rotatable bonds is 7. The van der Waals surface area contributed by atoms with Crippen LogP contribution in [0.1, 0.15) is 0 Å². The lowest BCUT2D eigenvalue weighted by molar-refractivity contribution is 0.155. The SMILES string of the molecule is O=S(=O)(O)c1c(Nc2ncnc([N+](F)(c3ncnc(F)n3)c3ccc4ccccc4c3S(=O)(=O)O)n2)ccc2ccccc12. The van der Waals surface area contributed by atoms with Gasteiger partial charge in [0.05, 0.1) is 5.69 Å². The Morgan fingerprint density at radius 2 is 1.20 bits per heavy atom. The number of nitrogens with one attached hydrogen (secondary N) is 1. The molecule has 4 aromatic carbocycles. The van der Waals surface area contributed by atoms with Crippen LogP contribution >= 0.6 is 0 Å². The summed E-state index contributed by atoms with van der Waals surface area (Å²) < 4.78 is 99.8. The first-order valence-electron chi connectivity index (χ1n) is 12.3. The lowest BCUT2D eigenvalue weighted by Crippen LogP contribution is -2.35. The molecule has 0 spiro atoms. The number of aromatic nitrogens is 6. The number of nitrogens with zero attached hydrogens (tertiary/aromatic N) is 7. The van der Waals surface area contributed by atoms with Crippen LogP contribution in [0.4, 0.5) is 38.1 Å². The minimum atomic E-state index is -5.17. The third kappa shape index (κ3) is 5.05. The van der Waals surface area contributed by atoms with Crippen molar-refractivity contribution >= 4 is 71.0 Å². The average Bonchev–Trinajstić information content (AvgIpc) is 2.99. The van der Waals surface area contributed by atoms with Gasteiger partial charge in [0.2, 0.25) is 11.6 Å². The molecule has 14 nitrogen and oxygen atoms in total. The largest absolute Gasteiger partial charge is 0.387 e. The minimum absolute atomic E-state index is 0.0939. The standard InChI is InChI=1S/C26H16F2N8O6S2/c27-23-29-13-31-25(34-23)36(28,20-12-10-16-6-2-4-8-18(16)22(20)44(40,41)42)26-32-14-30-24(35-26)33-19-11-9-15-5-1-3-7-17(15)21(19)43(37,38)39/h1-14H,(H2-,30,32,33,35,37,38,39,40,41,42)/p+1. The summed E-state index contributed by atoms with van der Waals surface area (Å²) in [5.74, 6) is -2.43. The third-order valence-corrected chi connectivity index (χ3v) is 8.37. The zero-order valence-corrected chi connectivity index (χ0v) is 23.4. The topological polar surface area (TPSA) is 198 Å². The summed E-state index contributed by atoms with van der Waals surface area (Å²) in [5, 5.41) is 3.45. The van der Waals surface area contributed by atoms with E-state index in [9.17, 15) is 30.3 Å². The minimum Gasteiger partial charge on any atom is -0.323 e. The Kier molecular flexibility index (Phi) is 6.94. The van der Waals surface area contributed by atoms with Crippen molar-refractivity contribution in [3.63, 3.8) is 0 Å². The number of quaternary nitrogens is 1. The maximum absolute atomic E-state index is 17.6. The predicted molar refractivity (Wildman–Crippen MR) is 153 cm³/mol. The number of halogens is 2. The van der Waals surface area contributed by atoms with E-state index in [4.69, 9.17) is 0 Å². The van der Waals surface area contributed by atoms with Crippen LogP contribution in [0.2, 0.25) is 0 Å². The molecule has 1 unspecified atom stereocenters. The summed E-state index contributed by atoms with van der Waals surface area (Å²) in [6.07, 6.45) is 0.00861. The summed E-state index contributed by atoms with van der Waals surface area (Å²) in [6, 6.07) is 17.4. The molecule has 6 rings (SSSR count). The van der Waals surface area contributed by atoms with Crippen LogP contribution in [-0.4, -0.2) is 55.8 Å². The second-order valence-corrected chi connectivity index (χ2v) is 11.8. The number of benzene rings is 4. The van der Waals surface area contributed by atoms with Gasteiger partial charge in [0.15, 0.2) is 4.90 Å². The molecule has 0 radical (unpaired) electrons. The molecule has 2 heterocycles. The van der Waals surface area contributed by atoms with E-state index in [1.54, 1.807) is 30.3 Å². The Hall–Kier alpha value is -5.14.